The molecule has 0 amide bonds. The van der Waals surface area contributed by atoms with E-state index in [0.29, 0.717) is 28.4 Å². The Morgan fingerprint density at radius 1 is 1.24 bits per heavy atom. The Morgan fingerprint density at radius 2 is 1.81 bits per heavy atom. The Morgan fingerprint density at radius 3 is 2.29 bits per heavy atom. The van der Waals surface area contributed by atoms with Gasteiger partial charge >= 0.3 is 7.12 Å². The van der Waals surface area contributed by atoms with E-state index in [9.17, 15) is 4.79 Å². The first-order valence-electron chi connectivity index (χ1n) is 6.99. The van der Waals surface area contributed by atoms with E-state index in [1.165, 1.54) is 0 Å². The zero-order chi connectivity index (χ0) is 15.8. The molecule has 114 valence electrons. The molecule has 1 aliphatic rings. The first kappa shape index (κ1) is 16.3. The fourth-order valence-electron chi connectivity index (χ4n) is 2.15. The highest BCUT2D eigenvalue weighted by Crippen LogP contribution is 2.38. The third kappa shape index (κ3) is 2.96. The highest BCUT2D eigenvalue weighted by atomic mass is 35.5. The zero-order valence-electron chi connectivity index (χ0n) is 13.0. The topological polar surface area (TPSA) is 44.8 Å². The van der Waals surface area contributed by atoms with Gasteiger partial charge in [-0.1, -0.05) is 11.6 Å². The minimum atomic E-state index is -0.617. The van der Waals surface area contributed by atoms with Crippen molar-refractivity contribution < 1.29 is 18.8 Å². The molecule has 1 aromatic carbocycles. The highest BCUT2D eigenvalue weighted by Gasteiger charge is 2.52. The van der Waals surface area contributed by atoms with Crippen LogP contribution >= 0.6 is 11.6 Å². The Labute approximate surface area is 130 Å². The van der Waals surface area contributed by atoms with Gasteiger partial charge in [-0.05, 0) is 46.8 Å². The molecule has 0 N–H and O–H groups in total. The summed E-state index contributed by atoms with van der Waals surface area (Å²) < 4.78 is 17.6. The average molecular weight is 311 g/mol. The fourth-order valence-corrected chi connectivity index (χ4v) is 2.44. The molecule has 1 fully saturated rings. The summed E-state index contributed by atoms with van der Waals surface area (Å²) in [4.78, 5) is 11.1. The predicted octanol–water partition coefficient (Wildman–Crippen LogP) is 2.85. The number of hydrogen-bond donors (Lipinski definition) is 0. The van der Waals surface area contributed by atoms with Crippen molar-refractivity contribution >= 4 is 30.5 Å². The van der Waals surface area contributed by atoms with Gasteiger partial charge in [-0.3, -0.25) is 4.79 Å². The molecule has 1 saturated heterocycles. The monoisotopic (exact) mass is 310 g/mol. The summed E-state index contributed by atoms with van der Waals surface area (Å²) >= 11 is 6.22. The van der Waals surface area contributed by atoms with Crippen LogP contribution in [0.15, 0.2) is 12.1 Å². The quantitative estimate of drug-likeness (QED) is 0.633. The summed E-state index contributed by atoms with van der Waals surface area (Å²) in [6.45, 7) is 10.2. The van der Waals surface area contributed by atoms with Crippen molar-refractivity contribution in [1.82, 2.24) is 0 Å². The van der Waals surface area contributed by atoms with Crippen LogP contribution in [-0.4, -0.2) is 31.2 Å². The maximum Gasteiger partial charge on any atom is 0.498 e. The van der Waals surface area contributed by atoms with Gasteiger partial charge in [-0.15, -0.1) is 0 Å². The van der Waals surface area contributed by atoms with Gasteiger partial charge < -0.3 is 14.0 Å². The van der Waals surface area contributed by atoms with E-state index < -0.39 is 18.3 Å². The van der Waals surface area contributed by atoms with Crippen LogP contribution in [0.25, 0.3) is 0 Å². The molecule has 21 heavy (non-hydrogen) atoms. The number of rotatable bonds is 4. The van der Waals surface area contributed by atoms with Gasteiger partial charge in [0.2, 0.25) is 0 Å². The van der Waals surface area contributed by atoms with Gasteiger partial charge in [0.15, 0.2) is 0 Å². The van der Waals surface area contributed by atoms with Crippen molar-refractivity contribution in [3.05, 3.63) is 22.7 Å². The molecule has 2 rings (SSSR count). The molecule has 0 bridgehead atoms. The molecule has 1 aromatic rings. The molecular formula is C15H20BClO4. The van der Waals surface area contributed by atoms with E-state index in [0.717, 1.165) is 6.29 Å². The van der Waals surface area contributed by atoms with E-state index in [2.05, 4.69) is 0 Å². The Hall–Kier alpha value is -1.04. The third-order valence-electron chi connectivity index (χ3n) is 4.03. The van der Waals surface area contributed by atoms with E-state index >= 15 is 0 Å². The first-order valence-corrected chi connectivity index (χ1v) is 7.36. The Balaban J connectivity index is 2.48. The lowest BCUT2D eigenvalue weighted by Crippen LogP contribution is -2.41. The van der Waals surface area contributed by atoms with E-state index in [-0.39, 0.29) is 0 Å². The van der Waals surface area contributed by atoms with Crippen molar-refractivity contribution in [2.24, 2.45) is 0 Å². The van der Waals surface area contributed by atoms with Crippen LogP contribution in [0.1, 0.15) is 45.0 Å². The van der Waals surface area contributed by atoms with Crippen LogP contribution < -0.4 is 10.2 Å². The second kappa shape index (κ2) is 5.63. The Kier molecular flexibility index (Phi) is 4.38. The second-order valence-electron chi connectivity index (χ2n) is 6.06. The largest absolute Gasteiger partial charge is 0.498 e. The maximum absolute atomic E-state index is 11.1. The molecule has 0 radical (unpaired) electrons. The van der Waals surface area contributed by atoms with Crippen LogP contribution in [0, 0.1) is 0 Å². The molecule has 1 aliphatic heterocycles. The zero-order valence-corrected chi connectivity index (χ0v) is 13.8. The van der Waals surface area contributed by atoms with Crippen molar-refractivity contribution in [1.29, 1.82) is 0 Å². The van der Waals surface area contributed by atoms with Crippen LogP contribution in [0.4, 0.5) is 0 Å². The first-order chi connectivity index (χ1) is 9.71. The van der Waals surface area contributed by atoms with Crippen LogP contribution in [0.2, 0.25) is 5.02 Å². The average Bonchev–Trinajstić information content (AvgIpc) is 2.60. The van der Waals surface area contributed by atoms with Gasteiger partial charge in [0.1, 0.15) is 12.0 Å². The fraction of sp³-hybridized carbons (Fsp3) is 0.533. The SMILES string of the molecule is CCOc1c(Cl)cc(C=O)cc1B1OC(C)(C)C(C)(C)O1. The smallest absolute Gasteiger partial charge is 0.493 e. The number of benzene rings is 1. The summed E-state index contributed by atoms with van der Waals surface area (Å²) in [6.07, 6.45) is 0.746. The van der Waals surface area contributed by atoms with Gasteiger partial charge in [-0.25, -0.2) is 0 Å². The Bertz CT molecular complexity index is 541. The van der Waals surface area contributed by atoms with E-state index in [1.807, 2.05) is 34.6 Å². The minimum absolute atomic E-state index is 0.381. The van der Waals surface area contributed by atoms with Gasteiger partial charge in [0.25, 0.3) is 0 Å². The lowest BCUT2D eigenvalue weighted by Gasteiger charge is -2.32. The number of carbonyl (C=O) groups excluding carboxylic acids is 1. The number of halogens is 1. The number of ether oxygens (including phenoxy) is 1. The van der Waals surface area contributed by atoms with Gasteiger partial charge in [-0.2, -0.15) is 0 Å². The summed E-state index contributed by atoms with van der Waals surface area (Å²) in [6, 6.07) is 3.28. The van der Waals surface area contributed by atoms with Crippen molar-refractivity contribution in [3.8, 4) is 5.75 Å². The molecule has 0 atom stereocenters. The van der Waals surface area contributed by atoms with E-state index in [1.54, 1.807) is 12.1 Å². The molecule has 1 heterocycles. The summed E-state index contributed by atoms with van der Waals surface area (Å²) in [5.74, 6) is 0.503. The molecule has 0 aromatic heterocycles. The molecule has 0 spiro atoms. The van der Waals surface area contributed by atoms with Crippen molar-refractivity contribution in [3.63, 3.8) is 0 Å². The molecule has 6 heteroatoms. The molecule has 0 aliphatic carbocycles. The number of hydrogen-bond acceptors (Lipinski definition) is 4. The number of aldehydes is 1. The molecule has 0 unspecified atom stereocenters. The minimum Gasteiger partial charge on any atom is -0.493 e. The van der Waals surface area contributed by atoms with Crippen LogP contribution in [-0.2, 0) is 9.31 Å². The van der Waals surface area contributed by atoms with Gasteiger partial charge in [0, 0.05) is 11.0 Å². The van der Waals surface area contributed by atoms with E-state index in [4.69, 9.17) is 25.6 Å². The molecular weight excluding hydrogens is 290 g/mol. The normalized spacial score (nSPS) is 19.6. The lowest BCUT2D eigenvalue weighted by molar-refractivity contribution is 0.00578. The predicted molar refractivity (Wildman–Crippen MR) is 83.7 cm³/mol. The summed E-state index contributed by atoms with van der Waals surface area (Å²) in [5.41, 5.74) is 0.175. The third-order valence-corrected chi connectivity index (χ3v) is 4.31. The van der Waals surface area contributed by atoms with Crippen molar-refractivity contribution in [2.75, 3.05) is 6.61 Å². The van der Waals surface area contributed by atoms with Gasteiger partial charge in [0.05, 0.1) is 22.8 Å². The summed E-state index contributed by atoms with van der Waals surface area (Å²) in [7, 11) is -0.617. The molecule has 0 saturated carbocycles. The maximum atomic E-state index is 11.1. The van der Waals surface area contributed by atoms with Crippen molar-refractivity contribution in [2.45, 2.75) is 45.8 Å². The standard InChI is InChI=1S/C15H20BClO4/c1-6-19-13-11(7-10(9-18)8-12(13)17)16-20-14(2,3)15(4,5)21-16/h7-9H,6H2,1-5H3. The number of carbonyl (C=O) groups is 1. The van der Waals surface area contributed by atoms with Crippen LogP contribution in [0.5, 0.6) is 5.75 Å². The highest BCUT2D eigenvalue weighted by molar-refractivity contribution is 6.63. The second-order valence-corrected chi connectivity index (χ2v) is 6.47. The lowest BCUT2D eigenvalue weighted by atomic mass is 9.77. The van der Waals surface area contributed by atoms with Crippen LogP contribution in [0.3, 0.4) is 0 Å². The molecule has 4 nitrogen and oxygen atoms in total. The summed E-state index contributed by atoms with van der Waals surface area (Å²) in [5, 5.41) is 0.381.